The van der Waals surface area contributed by atoms with Gasteiger partial charge in [0.25, 0.3) is 5.91 Å². The highest BCUT2D eigenvalue weighted by atomic mass is 35.5. The Hall–Kier alpha value is -3.24. The summed E-state index contributed by atoms with van der Waals surface area (Å²) in [5, 5.41) is 13.8. The number of likely N-dealkylation sites (tertiary alicyclic amines) is 1. The summed E-state index contributed by atoms with van der Waals surface area (Å²) in [5.74, 6) is 1.54. The summed E-state index contributed by atoms with van der Waals surface area (Å²) in [4.78, 5) is 26.4. The van der Waals surface area contributed by atoms with Gasteiger partial charge in [-0.1, -0.05) is 17.7 Å². The minimum Gasteiger partial charge on any atom is -0.339 e. The molecule has 11 heteroatoms. The van der Waals surface area contributed by atoms with Crippen LogP contribution in [0, 0.1) is 18.7 Å². The van der Waals surface area contributed by atoms with E-state index in [1.54, 1.807) is 11.0 Å². The molecule has 3 N–H and O–H groups in total. The molecule has 2 aliphatic heterocycles. The Morgan fingerprint density at radius 2 is 1.92 bits per heavy atom. The molecule has 1 amide bonds. The zero-order valence-electron chi connectivity index (χ0n) is 20.2. The van der Waals surface area contributed by atoms with Gasteiger partial charge in [0.15, 0.2) is 11.6 Å². The fourth-order valence-corrected chi connectivity index (χ4v) is 4.92. The second-order valence-corrected chi connectivity index (χ2v) is 9.79. The molecule has 1 aromatic carbocycles. The van der Waals surface area contributed by atoms with E-state index in [1.165, 1.54) is 12.1 Å². The Morgan fingerprint density at radius 3 is 2.64 bits per heavy atom. The first-order valence-electron chi connectivity index (χ1n) is 12.3. The summed E-state index contributed by atoms with van der Waals surface area (Å²) >= 11 is 5.87. The summed E-state index contributed by atoms with van der Waals surface area (Å²) in [6.07, 6.45) is 2.42. The number of halogens is 2. The molecule has 2 aromatic heterocycles. The van der Waals surface area contributed by atoms with Gasteiger partial charge in [0.2, 0.25) is 5.95 Å². The maximum atomic E-state index is 14.3. The van der Waals surface area contributed by atoms with Gasteiger partial charge in [0, 0.05) is 62.8 Å². The van der Waals surface area contributed by atoms with Crippen LogP contribution < -0.4 is 15.5 Å². The molecule has 0 saturated carbocycles. The number of piperazine rings is 1. The maximum absolute atomic E-state index is 14.3. The number of benzene rings is 1. The number of nitrogens with one attached hydrogen (secondary N) is 3. The summed E-state index contributed by atoms with van der Waals surface area (Å²) < 4.78 is 14.3. The van der Waals surface area contributed by atoms with Gasteiger partial charge in [0.05, 0.1) is 10.6 Å². The quantitative estimate of drug-likeness (QED) is 0.464. The smallest absolute Gasteiger partial charge is 0.256 e. The average molecular weight is 513 g/mol. The van der Waals surface area contributed by atoms with E-state index in [4.69, 9.17) is 21.6 Å². The lowest BCUT2D eigenvalue weighted by Crippen LogP contribution is -2.44. The summed E-state index contributed by atoms with van der Waals surface area (Å²) in [6.45, 7) is 6.60. The highest BCUT2D eigenvalue weighted by molar-refractivity contribution is 6.31. The van der Waals surface area contributed by atoms with Crippen LogP contribution in [-0.4, -0.2) is 70.2 Å². The lowest BCUT2D eigenvalue weighted by Gasteiger charge is -2.32. The SMILES string of the molecule is Cc1cc(Nc2cc(CC3CCN(C(=O)c4cccc(Cl)c4F)CC3)nc(N3CCNCC3)n2)n[nH]1. The minimum atomic E-state index is -0.653. The Bertz CT molecular complexity index is 1220. The number of nitrogens with zero attached hydrogens (tertiary/aromatic N) is 5. The Kier molecular flexibility index (Phi) is 7.33. The molecule has 3 aromatic rings. The fraction of sp³-hybridized carbons (Fsp3) is 0.440. The standard InChI is InChI=1S/C25H30ClFN8O/c1-16-13-22(33-32-16)30-21-15-18(29-25(31-21)35-11-7-28-8-12-35)14-17-5-9-34(10-6-17)24(36)19-3-2-4-20(26)23(19)27/h2-4,13,15,17,28H,5-12,14H2,1H3,(H2,29,30,31,32,33). The monoisotopic (exact) mass is 512 g/mol. The number of rotatable bonds is 6. The second-order valence-electron chi connectivity index (χ2n) is 9.38. The molecule has 5 rings (SSSR count). The van der Waals surface area contributed by atoms with Crippen molar-refractivity contribution in [2.75, 3.05) is 49.5 Å². The molecule has 0 bridgehead atoms. The summed E-state index contributed by atoms with van der Waals surface area (Å²) in [7, 11) is 0. The van der Waals surface area contributed by atoms with E-state index in [-0.39, 0.29) is 16.5 Å². The van der Waals surface area contributed by atoms with Gasteiger partial charge < -0.3 is 20.4 Å². The average Bonchev–Trinajstić information content (AvgIpc) is 3.30. The Morgan fingerprint density at radius 1 is 1.14 bits per heavy atom. The van der Waals surface area contributed by atoms with Crippen molar-refractivity contribution in [1.29, 1.82) is 0 Å². The molecule has 0 aliphatic carbocycles. The van der Waals surface area contributed by atoms with E-state index in [1.807, 2.05) is 19.1 Å². The summed E-state index contributed by atoms with van der Waals surface area (Å²) in [5.41, 5.74) is 1.95. The van der Waals surface area contributed by atoms with E-state index >= 15 is 0 Å². The molecule has 9 nitrogen and oxygen atoms in total. The van der Waals surface area contributed by atoms with E-state index < -0.39 is 5.82 Å². The number of aryl methyl sites for hydroxylation is 1. The van der Waals surface area contributed by atoms with Gasteiger partial charge in [-0.05, 0) is 44.2 Å². The van der Waals surface area contributed by atoms with Crippen LogP contribution in [0.1, 0.15) is 34.6 Å². The van der Waals surface area contributed by atoms with Crippen LogP contribution in [0.2, 0.25) is 5.02 Å². The largest absolute Gasteiger partial charge is 0.339 e. The van der Waals surface area contributed by atoms with Crippen molar-refractivity contribution in [3.05, 3.63) is 58.1 Å². The van der Waals surface area contributed by atoms with Crippen LogP contribution in [-0.2, 0) is 6.42 Å². The summed E-state index contributed by atoms with van der Waals surface area (Å²) in [6, 6.07) is 8.46. The molecule has 0 radical (unpaired) electrons. The molecule has 2 fully saturated rings. The van der Waals surface area contributed by atoms with Crippen LogP contribution in [0.4, 0.5) is 22.0 Å². The zero-order valence-corrected chi connectivity index (χ0v) is 21.0. The topological polar surface area (TPSA) is 102 Å². The molecule has 190 valence electrons. The predicted molar refractivity (Wildman–Crippen MR) is 137 cm³/mol. The van der Waals surface area contributed by atoms with Crippen LogP contribution in [0.5, 0.6) is 0 Å². The number of aromatic amines is 1. The number of hydrogen-bond donors (Lipinski definition) is 3. The lowest BCUT2D eigenvalue weighted by atomic mass is 9.91. The van der Waals surface area contributed by atoms with Gasteiger partial charge >= 0.3 is 0 Å². The van der Waals surface area contributed by atoms with Crippen LogP contribution in [0.25, 0.3) is 0 Å². The number of carbonyl (C=O) groups excluding carboxylic acids is 1. The third-order valence-electron chi connectivity index (χ3n) is 6.71. The number of H-pyrrole nitrogens is 1. The molecule has 0 unspecified atom stereocenters. The van der Waals surface area contributed by atoms with Crippen molar-refractivity contribution in [3.8, 4) is 0 Å². The fourth-order valence-electron chi connectivity index (χ4n) is 4.75. The number of piperidine rings is 1. The zero-order chi connectivity index (χ0) is 25.1. The number of anilines is 3. The first-order valence-corrected chi connectivity index (χ1v) is 12.7. The third-order valence-corrected chi connectivity index (χ3v) is 7.00. The van der Waals surface area contributed by atoms with Gasteiger partial charge in [-0.2, -0.15) is 10.1 Å². The second kappa shape index (κ2) is 10.8. The lowest BCUT2D eigenvalue weighted by molar-refractivity contribution is 0.0685. The number of amides is 1. The Labute approximate surface area is 214 Å². The van der Waals surface area contributed by atoms with E-state index in [0.717, 1.165) is 56.8 Å². The molecular weight excluding hydrogens is 483 g/mol. The minimum absolute atomic E-state index is 0.0294. The van der Waals surface area contributed by atoms with Crippen molar-refractivity contribution < 1.29 is 9.18 Å². The van der Waals surface area contributed by atoms with Gasteiger partial charge in [0.1, 0.15) is 5.82 Å². The highest BCUT2D eigenvalue weighted by Gasteiger charge is 2.27. The van der Waals surface area contributed by atoms with Crippen molar-refractivity contribution in [3.63, 3.8) is 0 Å². The Balaban J connectivity index is 1.28. The van der Waals surface area contributed by atoms with E-state index in [2.05, 4.69) is 25.7 Å². The first kappa shape index (κ1) is 24.5. The molecule has 2 aliphatic rings. The van der Waals surface area contributed by atoms with Crippen molar-refractivity contribution in [2.24, 2.45) is 5.92 Å². The van der Waals surface area contributed by atoms with E-state index in [0.29, 0.717) is 36.6 Å². The van der Waals surface area contributed by atoms with Crippen LogP contribution in [0.15, 0.2) is 30.3 Å². The third kappa shape index (κ3) is 5.60. The molecule has 0 atom stereocenters. The van der Waals surface area contributed by atoms with Gasteiger partial charge in [-0.3, -0.25) is 9.89 Å². The van der Waals surface area contributed by atoms with Crippen molar-refractivity contribution in [1.82, 2.24) is 30.4 Å². The predicted octanol–water partition coefficient (Wildman–Crippen LogP) is 3.55. The van der Waals surface area contributed by atoms with Gasteiger partial charge in [-0.25, -0.2) is 9.37 Å². The number of hydrogen-bond acceptors (Lipinski definition) is 7. The van der Waals surface area contributed by atoms with Crippen molar-refractivity contribution >= 4 is 35.1 Å². The molecular formula is C25H30ClFN8O. The highest BCUT2D eigenvalue weighted by Crippen LogP contribution is 2.26. The molecule has 4 heterocycles. The van der Waals surface area contributed by atoms with Crippen molar-refractivity contribution in [2.45, 2.75) is 26.2 Å². The number of carbonyl (C=O) groups is 1. The first-order chi connectivity index (χ1) is 17.5. The molecule has 2 saturated heterocycles. The maximum Gasteiger partial charge on any atom is 0.256 e. The number of aromatic nitrogens is 4. The molecule has 36 heavy (non-hydrogen) atoms. The van der Waals surface area contributed by atoms with Gasteiger partial charge in [-0.15, -0.1) is 0 Å². The van der Waals surface area contributed by atoms with Crippen LogP contribution in [0.3, 0.4) is 0 Å². The van der Waals surface area contributed by atoms with E-state index in [9.17, 15) is 9.18 Å². The normalized spacial score (nSPS) is 16.9. The molecule has 0 spiro atoms. The van der Waals surface area contributed by atoms with Crippen LogP contribution >= 0.6 is 11.6 Å².